The number of fused-ring (bicyclic) bond motifs is 2. The van der Waals surface area contributed by atoms with Crippen LogP contribution in [-0.2, 0) is 16.0 Å². The summed E-state index contributed by atoms with van der Waals surface area (Å²) in [5, 5.41) is 3.20. The van der Waals surface area contributed by atoms with Gasteiger partial charge in [-0.2, -0.15) is 9.97 Å². The maximum Gasteiger partial charge on any atom is 0.296 e. The number of morpholine rings is 1. The highest BCUT2D eigenvalue weighted by atomic mass is 19.3. The molecule has 12 heteroatoms. The number of halogens is 2. The first kappa shape index (κ1) is 29.4. The van der Waals surface area contributed by atoms with Gasteiger partial charge in [-0.3, -0.25) is 9.36 Å². The van der Waals surface area contributed by atoms with E-state index < -0.39 is 18.3 Å². The molecule has 0 saturated carbocycles. The molecule has 0 spiro atoms. The molecule has 5 heterocycles. The van der Waals surface area contributed by atoms with Crippen molar-refractivity contribution in [3.05, 3.63) is 66.0 Å². The molecule has 7 rings (SSSR count). The minimum Gasteiger partial charge on any atom is -0.378 e. The van der Waals surface area contributed by atoms with Crippen LogP contribution in [0.15, 0.2) is 54.6 Å². The highest BCUT2D eigenvalue weighted by Gasteiger charge is 2.30. The van der Waals surface area contributed by atoms with Crippen molar-refractivity contribution in [3.63, 3.8) is 0 Å². The summed E-state index contributed by atoms with van der Waals surface area (Å²) in [6.07, 6.45) is 0.190. The minimum atomic E-state index is -2.81. The number of imidazole rings is 1. The molecule has 1 N–H and O–H groups in total. The Kier molecular flexibility index (Phi) is 8.22. The van der Waals surface area contributed by atoms with Crippen molar-refractivity contribution < 1.29 is 18.3 Å². The molecule has 0 bridgehead atoms. The molecule has 1 amide bonds. The quantitative estimate of drug-likeness (QED) is 0.305. The maximum absolute atomic E-state index is 14.2. The zero-order valence-electron chi connectivity index (χ0n) is 25.4. The molecule has 4 aromatic rings. The lowest BCUT2D eigenvalue weighted by molar-refractivity contribution is -0.133. The first-order valence-corrected chi connectivity index (χ1v) is 15.8. The summed E-state index contributed by atoms with van der Waals surface area (Å²) in [5.74, 6) is 1.17. The smallest absolute Gasteiger partial charge is 0.296 e. The highest BCUT2D eigenvalue weighted by Crippen LogP contribution is 2.31. The fourth-order valence-electron chi connectivity index (χ4n) is 6.76. The van der Waals surface area contributed by atoms with E-state index in [1.165, 1.54) is 15.8 Å². The lowest BCUT2D eigenvalue weighted by Gasteiger charge is -2.36. The number of piperidine rings is 1. The molecule has 2 aromatic carbocycles. The molecule has 2 saturated heterocycles. The van der Waals surface area contributed by atoms with E-state index in [1.54, 1.807) is 37.3 Å². The third-order valence-electron chi connectivity index (χ3n) is 9.15. The Hall–Kier alpha value is -4.32. The monoisotopic (exact) mass is 616 g/mol. The fraction of sp³-hybridized carbons (Fsp3) is 0.455. The van der Waals surface area contributed by atoms with Gasteiger partial charge in [0.25, 0.3) is 6.43 Å². The maximum atomic E-state index is 14.2. The van der Waals surface area contributed by atoms with Crippen LogP contribution in [0.4, 0.5) is 26.2 Å². The van der Waals surface area contributed by atoms with E-state index >= 15 is 0 Å². The number of alkyl halides is 2. The van der Waals surface area contributed by atoms with Crippen molar-refractivity contribution in [2.75, 3.05) is 67.6 Å². The summed E-state index contributed by atoms with van der Waals surface area (Å²) in [5.41, 5.74) is 3.74. The first-order valence-electron chi connectivity index (χ1n) is 15.8. The molecule has 2 aromatic heterocycles. The molecule has 1 atom stereocenters. The minimum absolute atomic E-state index is 0.0248. The van der Waals surface area contributed by atoms with E-state index in [0.717, 1.165) is 32.4 Å². The summed E-state index contributed by atoms with van der Waals surface area (Å²) < 4.78 is 35.3. The zero-order valence-corrected chi connectivity index (χ0v) is 25.4. The molecule has 3 aliphatic rings. The third kappa shape index (κ3) is 6.03. The fourth-order valence-corrected chi connectivity index (χ4v) is 6.76. The number of amides is 1. The van der Waals surface area contributed by atoms with E-state index in [2.05, 4.69) is 44.5 Å². The van der Waals surface area contributed by atoms with Gasteiger partial charge in [0.05, 0.1) is 24.2 Å². The molecule has 3 aliphatic heterocycles. The highest BCUT2D eigenvalue weighted by molar-refractivity contribution is 5.84. The number of carbonyl (C=O) groups excluding carboxylic acids is 1. The van der Waals surface area contributed by atoms with Crippen LogP contribution >= 0.6 is 0 Å². The number of aromatic nitrogens is 4. The molecule has 0 radical (unpaired) electrons. The summed E-state index contributed by atoms with van der Waals surface area (Å²) in [6.45, 7) is 7.55. The normalized spacial score (nSPS) is 18.1. The average Bonchev–Trinajstić information content (AvgIpc) is 3.67. The van der Waals surface area contributed by atoms with E-state index in [0.29, 0.717) is 62.2 Å². The van der Waals surface area contributed by atoms with Gasteiger partial charge >= 0.3 is 0 Å². The summed E-state index contributed by atoms with van der Waals surface area (Å²) in [4.78, 5) is 33.6. The van der Waals surface area contributed by atoms with Gasteiger partial charge in [0.15, 0.2) is 5.82 Å². The second-order valence-electron chi connectivity index (χ2n) is 12.1. The van der Waals surface area contributed by atoms with E-state index in [4.69, 9.17) is 9.72 Å². The second kappa shape index (κ2) is 12.6. The Morgan fingerprint density at radius 1 is 0.956 bits per heavy atom. The number of nitrogens with zero attached hydrogens (tertiary/aromatic N) is 7. The van der Waals surface area contributed by atoms with Crippen LogP contribution < -0.4 is 15.1 Å². The van der Waals surface area contributed by atoms with Crippen LogP contribution in [0, 0.1) is 5.92 Å². The Labute approximate surface area is 261 Å². The number of ether oxygens (including phenoxy) is 1. The van der Waals surface area contributed by atoms with Crippen molar-refractivity contribution in [3.8, 4) is 5.82 Å². The van der Waals surface area contributed by atoms with Crippen LogP contribution in [0.25, 0.3) is 16.9 Å². The predicted molar refractivity (Wildman–Crippen MR) is 169 cm³/mol. The summed E-state index contributed by atoms with van der Waals surface area (Å²) in [7, 11) is 0. The van der Waals surface area contributed by atoms with Gasteiger partial charge in [0, 0.05) is 51.0 Å². The van der Waals surface area contributed by atoms with Gasteiger partial charge in [-0.1, -0.05) is 30.3 Å². The van der Waals surface area contributed by atoms with Crippen molar-refractivity contribution >= 4 is 34.4 Å². The van der Waals surface area contributed by atoms with Crippen molar-refractivity contribution in [2.24, 2.45) is 5.92 Å². The Bertz CT molecular complexity index is 1670. The van der Waals surface area contributed by atoms with Crippen molar-refractivity contribution in [1.82, 2.24) is 24.4 Å². The van der Waals surface area contributed by atoms with Gasteiger partial charge in [0.1, 0.15) is 17.7 Å². The lowest BCUT2D eigenvalue weighted by atomic mass is 9.95. The molecule has 2 fully saturated rings. The first-order chi connectivity index (χ1) is 21.9. The number of para-hydroxylation sites is 3. The van der Waals surface area contributed by atoms with Gasteiger partial charge in [0.2, 0.25) is 11.9 Å². The molecular formula is C33H38F2N8O2. The van der Waals surface area contributed by atoms with Crippen LogP contribution in [0.1, 0.15) is 37.6 Å². The average molecular weight is 617 g/mol. The van der Waals surface area contributed by atoms with E-state index in [-0.39, 0.29) is 17.7 Å². The SMILES string of the molecule is C[C@H](Nc1nc(N2CCOCC2)cc(-n2c(C(F)F)nc3ccccc32)n1)C(=O)N1CCC(CN2CCc3ccccc32)CC1. The Morgan fingerprint density at radius 2 is 1.69 bits per heavy atom. The Morgan fingerprint density at radius 3 is 2.49 bits per heavy atom. The topological polar surface area (TPSA) is 91.6 Å². The number of hydrogen-bond acceptors (Lipinski definition) is 8. The zero-order chi connectivity index (χ0) is 30.9. The molecule has 236 valence electrons. The number of carbonyl (C=O) groups is 1. The van der Waals surface area contributed by atoms with E-state index in [1.807, 2.05) is 9.80 Å². The number of hydrogen-bond donors (Lipinski definition) is 1. The number of anilines is 3. The van der Waals surface area contributed by atoms with Crippen molar-refractivity contribution in [2.45, 2.75) is 38.7 Å². The molecule has 10 nitrogen and oxygen atoms in total. The third-order valence-corrected chi connectivity index (χ3v) is 9.15. The summed E-state index contributed by atoms with van der Waals surface area (Å²) >= 11 is 0. The number of rotatable bonds is 8. The molecule has 0 unspecified atom stereocenters. The van der Waals surface area contributed by atoms with Crippen LogP contribution in [0.3, 0.4) is 0 Å². The molecule has 0 aliphatic carbocycles. The van der Waals surface area contributed by atoms with Crippen LogP contribution in [0.2, 0.25) is 0 Å². The van der Waals surface area contributed by atoms with Crippen LogP contribution in [-0.4, -0.2) is 88.9 Å². The van der Waals surface area contributed by atoms with Gasteiger partial charge in [-0.15, -0.1) is 0 Å². The molecular weight excluding hydrogens is 578 g/mol. The Balaban J connectivity index is 1.08. The lowest BCUT2D eigenvalue weighted by Crippen LogP contribution is -2.47. The number of benzene rings is 2. The van der Waals surface area contributed by atoms with Crippen molar-refractivity contribution in [1.29, 1.82) is 0 Å². The standard InChI is InChI=1S/C33H38F2N8O2/c1-22(32(44)41-13-10-23(11-14-41)21-42-15-12-24-6-2-4-8-26(24)42)36-33-38-28(40-16-18-45-19-17-40)20-29(39-33)43-27-9-5-3-7-25(27)37-31(43)30(34)35/h2-9,20,22-23,30H,10-19,21H2,1H3,(H,36,38,39)/t22-/m0/s1. The largest absolute Gasteiger partial charge is 0.378 e. The number of nitrogens with one attached hydrogen (secondary N) is 1. The van der Waals surface area contributed by atoms with Gasteiger partial charge in [-0.25, -0.2) is 13.8 Å². The van der Waals surface area contributed by atoms with Gasteiger partial charge < -0.3 is 24.8 Å². The predicted octanol–water partition coefficient (Wildman–Crippen LogP) is 4.69. The van der Waals surface area contributed by atoms with Gasteiger partial charge in [-0.05, 0) is 55.9 Å². The second-order valence-corrected chi connectivity index (χ2v) is 12.1. The summed E-state index contributed by atoms with van der Waals surface area (Å²) in [6, 6.07) is 16.7. The van der Waals surface area contributed by atoms with Crippen LogP contribution in [0.5, 0.6) is 0 Å². The van der Waals surface area contributed by atoms with E-state index in [9.17, 15) is 13.6 Å². The number of likely N-dealkylation sites (tertiary alicyclic amines) is 1. The molecule has 45 heavy (non-hydrogen) atoms.